The Morgan fingerprint density at radius 2 is 2.13 bits per heavy atom. The number of aryl methyl sites for hydroxylation is 1. The van der Waals surface area contributed by atoms with Gasteiger partial charge in [0.05, 0.1) is 11.8 Å². The van der Waals surface area contributed by atoms with Gasteiger partial charge in [0, 0.05) is 13.1 Å². The zero-order valence-electron chi connectivity index (χ0n) is 12.9. The third kappa shape index (κ3) is 3.34. The number of likely N-dealkylation sites (tertiary alicyclic amines) is 1. The van der Waals surface area contributed by atoms with Gasteiger partial charge in [-0.25, -0.2) is 0 Å². The van der Waals surface area contributed by atoms with Gasteiger partial charge in [-0.3, -0.25) is 19.3 Å². The second-order valence-electron chi connectivity index (χ2n) is 5.65. The predicted octanol–water partition coefficient (Wildman–Crippen LogP) is 1.67. The van der Waals surface area contributed by atoms with Crippen LogP contribution in [0, 0.1) is 6.92 Å². The Labute approximate surface area is 138 Å². The molecular weight excluding hydrogens is 316 g/mol. The van der Waals surface area contributed by atoms with Crippen LogP contribution in [0.3, 0.4) is 0 Å². The molecule has 2 heterocycles. The molecule has 3 amide bonds. The molecule has 0 aromatic heterocycles. The summed E-state index contributed by atoms with van der Waals surface area (Å²) in [6.45, 7) is 2.83. The maximum absolute atomic E-state index is 12.3. The number of hydrogen-bond donors (Lipinski definition) is 0. The van der Waals surface area contributed by atoms with Crippen molar-refractivity contribution in [3.63, 3.8) is 0 Å². The summed E-state index contributed by atoms with van der Waals surface area (Å²) in [5, 5.41) is -0.203. The molecule has 2 aliphatic rings. The van der Waals surface area contributed by atoms with Crippen LogP contribution in [0.15, 0.2) is 24.3 Å². The van der Waals surface area contributed by atoms with Crippen molar-refractivity contribution >= 4 is 28.8 Å². The molecule has 2 aliphatic heterocycles. The summed E-state index contributed by atoms with van der Waals surface area (Å²) in [7, 11) is 0. The molecule has 7 heteroatoms. The molecule has 0 spiro atoms. The van der Waals surface area contributed by atoms with E-state index in [9.17, 15) is 14.4 Å². The van der Waals surface area contributed by atoms with Crippen LogP contribution < -0.4 is 4.74 Å². The molecule has 23 heavy (non-hydrogen) atoms. The summed E-state index contributed by atoms with van der Waals surface area (Å²) in [5.41, 5.74) is 0.977. The maximum atomic E-state index is 12.3. The highest BCUT2D eigenvalue weighted by Gasteiger charge is 2.40. The molecule has 122 valence electrons. The highest BCUT2D eigenvalue weighted by atomic mass is 32.2. The van der Waals surface area contributed by atoms with Crippen LogP contribution in [0.5, 0.6) is 5.75 Å². The monoisotopic (exact) mass is 334 g/mol. The average Bonchev–Trinajstić information content (AvgIpc) is 3.13. The molecule has 0 aliphatic carbocycles. The van der Waals surface area contributed by atoms with E-state index in [0.29, 0.717) is 25.3 Å². The number of carbonyl (C=O) groups excluding carboxylic acids is 3. The van der Waals surface area contributed by atoms with E-state index in [0.717, 1.165) is 17.3 Å². The van der Waals surface area contributed by atoms with E-state index < -0.39 is 0 Å². The number of nitrogens with zero attached hydrogens (tertiary/aromatic N) is 2. The molecule has 0 radical (unpaired) electrons. The lowest BCUT2D eigenvalue weighted by molar-refractivity contribution is -0.133. The third-order valence-corrected chi connectivity index (χ3v) is 4.95. The van der Waals surface area contributed by atoms with E-state index in [1.165, 1.54) is 4.90 Å². The summed E-state index contributed by atoms with van der Waals surface area (Å²) in [4.78, 5) is 38.7. The summed E-state index contributed by atoms with van der Waals surface area (Å²) in [5.74, 6) is 0.621. The van der Waals surface area contributed by atoms with Crippen LogP contribution in [0.2, 0.25) is 0 Å². The lowest BCUT2D eigenvalue weighted by Crippen LogP contribution is -2.42. The Balaban J connectivity index is 1.54. The van der Waals surface area contributed by atoms with Gasteiger partial charge in [0.1, 0.15) is 5.75 Å². The van der Waals surface area contributed by atoms with Crippen molar-refractivity contribution in [3.05, 3.63) is 29.8 Å². The number of para-hydroxylation sites is 1. The number of amides is 3. The summed E-state index contributed by atoms with van der Waals surface area (Å²) in [6.07, 6.45) is 0.633. The van der Waals surface area contributed by atoms with E-state index >= 15 is 0 Å². The molecule has 6 nitrogen and oxygen atoms in total. The SMILES string of the molecule is Cc1ccccc1OCC(=O)N1CCC(N2C(=O)CSC2=O)C1. The van der Waals surface area contributed by atoms with Crippen molar-refractivity contribution in [1.29, 1.82) is 0 Å². The van der Waals surface area contributed by atoms with E-state index in [1.807, 2.05) is 31.2 Å². The number of imide groups is 1. The van der Waals surface area contributed by atoms with Crippen LogP contribution >= 0.6 is 11.8 Å². The Kier molecular flexibility index (Phi) is 4.56. The second-order valence-corrected chi connectivity index (χ2v) is 6.58. The van der Waals surface area contributed by atoms with Crippen molar-refractivity contribution in [2.45, 2.75) is 19.4 Å². The van der Waals surface area contributed by atoms with Gasteiger partial charge in [0.25, 0.3) is 11.1 Å². The second kappa shape index (κ2) is 6.62. The Morgan fingerprint density at radius 1 is 1.35 bits per heavy atom. The van der Waals surface area contributed by atoms with Gasteiger partial charge in [-0.15, -0.1) is 0 Å². The van der Waals surface area contributed by atoms with Gasteiger partial charge < -0.3 is 9.64 Å². The van der Waals surface area contributed by atoms with Gasteiger partial charge in [-0.2, -0.15) is 0 Å². The fourth-order valence-corrected chi connectivity index (χ4v) is 3.62. The van der Waals surface area contributed by atoms with E-state index in [4.69, 9.17) is 4.74 Å². The fraction of sp³-hybridized carbons (Fsp3) is 0.438. The fourth-order valence-electron chi connectivity index (χ4n) is 2.85. The summed E-state index contributed by atoms with van der Waals surface area (Å²) >= 11 is 1.03. The lowest BCUT2D eigenvalue weighted by atomic mass is 10.2. The lowest BCUT2D eigenvalue weighted by Gasteiger charge is -2.22. The number of carbonyl (C=O) groups is 3. The molecular formula is C16H18N2O4S. The number of thioether (sulfide) groups is 1. The minimum absolute atomic E-state index is 0.0335. The van der Waals surface area contributed by atoms with E-state index in [-0.39, 0.29) is 35.5 Å². The third-order valence-electron chi connectivity index (χ3n) is 4.11. The van der Waals surface area contributed by atoms with Crippen molar-refractivity contribution in [3.8, 4) is 5.75 Å². The topological polar surface area (TPSA) is 66.9 Å². The van der Waals surface area contributed by atoms with Crippen molar-refractivity contribution in [2.24, 2.45) is 0 Å². The first-order chi connectivity index (χ1) is 11.1. The highest BCUT2D eigenvalue weighted by molar-refractivity contribution is 8.14. The minimum Gasteiger partial charge on any atom is -0.484 e. The largest absolute Gasteiger partial charge is 0.484 e. The Hall–Kier alpha value is -2.02. The van der Waals surface area contributed by atoms with Crippen LogP contribution in [-0.2, 0) is 9.59 Å². The van der Waals surface area contributed by atoms with Gasteiger partial charge in [0.15, 0.2) is 6.61 Å². The number of hydrogen-bond acceptors (Lipinski definition) is 5. The average molecular weight is 334 g/mol. The first-order valence-corrected chi connectivity index (χ1v) is 8.50. The van der Waals surface area contributed by atoms with Crippen LogP contribution in [0.25, 0.3) is 0 Å². The van der Waals surface area contributed by atoms with E-state index in [1.54, 1.807) is 4.90 Å². The van der Waals surface area contributed by atoms with Gasteiger partial charge in [0.2, 0.25) is 5.91 Å². The molecule has 1 unspecified atom stereocenters. The molecule has 1 aromatic rings. The van der Waals surface area contributed by atoms with E-state index in [2.05, 4.69) is 0 Å². The van der Waals surface area contributed by atoms with Crippen LogP contribution in [-0.4, -0.2) is 58.3 Å². The van der Waals surface area contributed by atoms with Crippen molar-refractivity contribution in [2.75, 3.05) is 25.4 Å². The van der Waals surface area contributed by atoms with Gasteiger partial charge >= 0.3 is 0 Å². The molecule has 0 N–H and O–H groups in total. The zero-order chi connectivity index (χ0) is 16.4. The molecule has 2 saturated heterocycles. The van der Waals surface area contributed by atoms with Gasteiger partial charge in [-0.05, 0) is 25.0 Å². The number of rotatable bonds is 4. The predicted molar refractivity (Wildman–Crippen MR) is 86.4 cm³/mol. The van der Waals surface area contributed by atoms with Crippen LogP contribution in [0.1, 0.15) is 12.0 Å². The summed E-state index contributed by atoms with van der Waals surface area (Å²) < 4.78 is 5.57. The molecule has 1 atom stereocenters. The number of benzene rings is 1. The van der Waals surface area contributed by atoms with Crippen LogP contribution in [0.4, 0.5) is 4.79 Å². The molecule has 2 fully saturated rings. The zero-order valence-corrected chi connectivity index (χ0v) is 13.7. The number of ether oxygens (including phenoxy) is 1. The first-order valence-electron chi connectivity index (χ1n) is 7.51. The highest BCUT2D eigenvalue weighted by Crippen LogP contribution is 2.26. The maximum Gasteiger partial charge on any atom is 0.289 e. The normalized spacial score (nSPS) is 21.2. The minimum atomic E-state index is -0.203. The molecule has 0 saturated carbocycles. The smallest absolute Gasteiger partial charge is 0.289 e. The first kappa shape index (κ1) is 15.9. The Morgan fingerprint density at radius 3 is 2.83 bits per heavy atom. The van der Waals surface area contributed by atoms with Crippen molar-refractivity contribution < 1.29 is 19.1 Å². The Bertz CT molecular complexity index is 633. The molecule has 3 rings (SSSR count). The summed E-state index contributed by atoms with van der Waals surface area (Å²) in [6, 6.07) is 7.33. The standard InChI is InChI=1S/C16H18N2O4S/c1-11-4-2-3-5-13(11)22-9-14(19)17-7-6-12(8-17)18-15(20)10-23-16(18)21/h2-5,12H,6-10H2,1H3. The van der Waals surface area contributed by atoms with Gasteiger partial charge in [-0.1, -0.05) is 30.0 Å². The quantitative estimate of drug-likeness (QED) is 0.838. The molecule has 0 bridgehead atoms. The molecule has 1 aromatic carbocycles. The van der Waals surface area contributed by atoms with Crippen molar-refractivity contribution in [1.82, 2.24) is 9.80 Å².